The number of ether oxygens (including phenoxy) is 1. The molecule has 0 aromatic heterocycles. The van der Waals surface area contributed by atoms with Crippen LogP contribution in [0.3, 0.4) is 0 Å². The molecule has 0 aromatic carbocycles. The minimum absolute atomic E-state index is 0.00754. The SMILES string of the molecule is CC(C)OC(=O)C(C)N1C2CCCCC2C2CCCCC21. The molecule has 5 atom stereocenters. The Hall–Kier alpha value is -0.570. The van der Waals surface area contributed by atoms with Crippen molar-refractivity contribution in [3.05, 3.63) is 0 Å². The molecule has 1 saturated heterocycles. The topological polar surface area (TPSA) is 29.5 Å². The Morgan fingerprint density at radius 1 is 0.905 bits per heavy atom. The second-order valence-electron chi connectivity index (χ2n) is 7.64. The van der Waals surface area contributed by atoms with Gasteiger partial charge < -0.3 is 4.74 Å². The molecule has 3 nitrogen and oxygen atoms in total. The summed E-state index contributed by atoms with van der Waals surface area (Å²) in [6.45, 7) is 5.97. The lowest BCUT2D eigenvalue weighted by Gasteiger charge is -2.38. The van der Waals surface area contributed by atoms with Gasteiger partial charge in [-0.05, 0) is 58.3 Å². The highest BCUT2D eigenvalue weighted by Crippen LogP contribution is 2.49. The molecule has 0 N–H and O–H groups in total. The zero-order valence-corrected chi connectivity index (χ0v) is 13.9. The monoisotopic (exact) mass is 293 g/mol. The zero-order chi connectivity index (χ0) is 15.0. The van der Waals surface area contributed by atoms with Gasteiger partial charge in [-0.2, -0.15) is 0 Å². The quantitative estimate of drug-likeness (QED) is 0.742. The fourth-order valence-corrected chi connectivity index (χ4v) is 5.29. The molecule has 0 spiro atoms. The molecule has 0 bridgehead atoms. The summed E-state index contributed by atoms with van der Waals surface area (Å²) in [6.07, 6.45) is 10.8. The summed E-state index contributed by atoms with van der Waals surface area (Å²) in [5.41, 5.74) is 0. The van der Waals surface area contributed by atoms with E-state index >= 15 is 0 Å². The van der Waals surface area contributed by atoms with E-state index in [1.807, 2.05) is 13.8 Å². The summed E-state index contributed by atoms with van der Waals surface area (Å²) in [5.74, 6) is 1.68. The van der Waals surface area contributed by atoms with Gasteiger partial charge in [0, 0.05) is 12.1 Å². The molecule has 120 valence electrons. The first-order chi connectivity index (χ1) is 10.1. The maximum Gasteiger partial charge on any atom is 0.323 e. The van der Waals surface area contributed by atoms with Gasteiger partial charge in [-0.15, -0.1) is 0 Å². The average Bonchev–Trinajstić information content (AvgIpc) is 2.80. The second-order valence-corrected chi connectivity index (χ2v) is 7.64. The molecule has 0 amide bonds. The van der Waals surface area contributed by atoms with Crippen molar-refractivity contribution in [3.63, 3.8) is 0 Å². The minimum Gasteiger partial charge on any atom is -0.462 e. The van der Waals surface area contributed by atoms with Crippen LogP contribution in [0.1, 0.15) is 72.1 Å². The van der Waals surface area contributed by atoms with Gasteiger partial charge in [-0.3, -0.25) is 9.69 Å². The normalized spacial score (nSPS) is 37.9. The first kappa shape index (κ1) is 15.3. The van der Waals surface area contributed by atoms with Gasteiger partial charge in [0.25, 0.3) is 0 Å². The van der Waals surface area contributed by atoms with Gasteiger partial charge in [0.1, 0.15) is 6.04 Å². The first-order valence-corrected chi connectivity index (χ1v) is 9.07. The van der Waals surface area contributed by atoms with Crippen LogP contribution in [0.25, 0.3) is 0 Å². The Labute approximate surface area is 129 Å². The van der Waals surface area contributed by atoms with Crippen LogP contribution in [-0.4, -0.2) is 35.1 Å². The molecule has 2 aliphatic carbocycles. The van der Waals surface area contributed by atoms with Gasteiger partial charge in [0.05, 0.1) is 6.10 Å². The van der Waals surface area contributed by atoms with E-state index in [2.05, 4.69) is 11.8 Å². The van der Waals surface area contributed by atoms with E-state index in [4.69, 9.17) is 4.74 Å². The number of hydrogen-bond acceptors (Lipinski definition) is 3. The van der Waals surface area contributed by atoms with Crippen molar-refractivity contribution >= 4 is 5.97 Å². The first-order valence-electron chi connectivity index (χ1n) is 9.07. The van der Waals surface area contributed by atoms with Crippen molar-refractivity contribution in [2.24, 2.45) is 11.8 Å². The smallest absolute Gasteiger partial charge is 0.323 e. The van der Waals surface area contributed by atoms with E-state index in [1.54, 1.807) is 0 Å². The molecule has 0 radical (unpaired) electrons. The minimum atomic E-state index is -0.0638. The Balaban J connectivity index is 1.79. The molecule has 3 aliphatic rings. The summed E-state index contributed by atoms with van der Waals surface area (Å²) in [7, 11) is 0. The van der Waals surface area contributed by atoms with Gasteiger partial charge >= 0.3 is 5.97 Å². The van der Waals surface area contributed by atoms with Gasteiger partial charge in [-0.25, -0.2) is 0 Å². The maximum atomic E-state index is 12.4. The lowest BCUT2D eigenvalue weighted by Crippen LogP contribution is -2.49. The number of hydrogen-bond donors (Lipinski definition) is 0. The highest BCUT2D eigenvalue weighted by Gasteiger charge is 2.52. The molecular formula is C18H31NO2. The molecule has 1 heterocycles. The van der Waals surface area contributed by atoms with Crippen LogP contribution in [0, 0.1) is 11.8 Å². The molecule has 3 heteroatoms. The van der Waals surface area contributed by atoms with E-state index in [9.17, 15) is 4.79 Å². The van der Waals surface area contributed by atoms with E-state index in [1.165, 1.54) is 51.4 Å². The highest BCUT2D eigenvalue weighted by molar-refractivity contribution is 5.75. The van der Waals surface area contributed by atoms with Crippen molar-refractivity contribution in [1.82, 2.24) is 4.90 Å². The van der Waals surface area contributed by atoms with Crippen LogP contribution in [0.15, 0.2) is 0 Å². The van der Waals surface area contributed by atoms with Gasteiger partial charge in [0.2, 0.25) is 0 Å². The Morgan fingerprint density at radius 2 is 1.38 bits per heavy atom. The van der Waals surface area contributed by atoms with E-state index in [0.29, 0.717) is 12.1 Å². The highest BCUT2D eigenvalue weighted by atomic mass is 16.5. The van der Waals surface area contributed by atoms with Crippen LogP contribution >= 0.6 is 0 Å². The molecule has 1 aliphatic heterocycles. The number of fused-ring (bicyclic) bond motifs is 3. The maximum absolute atomic E-state index is 12.4. The van der Waals surface area contributed by atoms with Gasteiger partial charge in [-0.1, -0.05) is 25.7 Å². The molecule has 2 saturated carbocycles. The van der Waals surface area contributed by atoms with Crippen molar-refractivity contribution in [2.45, 2.75) is 96.4 Å². The Kier molecular flexibility index (Phi) is 4.58. The summed E-state index contributed by atoms with van der Waals surface area (Å²) in [6, 6.07) is 1.22. The third-order valence-electron chi connectivity index (χ3n) is 6.02. The second kappa shape index (κ2) is 6.28. The predicted molar refractivity (Wildman–Crippen MR) is 84.0 cm³/mol. The van der Waals surface area contributed by atoms with Crippen LogP contribution in [0.2, 0.25) is 0 Å². The van der Waals surface area contributed by atoms with Crippen LogP contribution in [-0.2, 0) is 9.53 Å². The third-order valence-corrected chi connectivity index (χ3v) is 6.02. The summed E-state index contributed by atoms with van der Waals surface area (Å²) < 4.78 is 5.50. The summed E-state index contributed by atoms with van der Waals surface area (Å²) in [4.78, 5) is 15.0. The van der Waals surface area contributed by atoms with Crippen molar-refractivity contribution < 1.29 is 9.53 Å². The number of carbonyl (C=O) groups excluding carboxylic acids is 1. The summed E-state index contributed by atoms with van der Waals surface area (Å²) >= 11 is 0. The molecule has 21 heavy (non-hydrogen) atoms. The predicted octanol–water partition coefficient (Wildman–Crippen LogP) is 3.76. The Morgan fingerprint density at radius 3 is 1.86 bits per heavy atom. The largest absolute Gasteiger partial charge is 0.462 e. The molecule has 5 unspecified atom stereocenters. The van der Waals surface area contributed by atoms with E-state index in [-0.39, 0.29) is 18.1 Å². The fourth-order valence-electron chi connectivity index (χ4n) is 5.29. The number of likely N-dealkylation sites (tertiary alicyclic amines) is 1. The van der Waals surface area contributed by atoms with Gasteiger partial charge in [0.15, 0.2) is 0 Å². The fraction of sp³-hybridized carbons (Fsp3) is 0.944. The van der Waals surface area contributed by atoms with E-state index < -0.39 is 0 Å². The summed E-state index contributed by atoms with van der Waals surface area (Å²) in [5, 5.41) is 0. The van der Waals surface area contributed by atoms with Crippen LogP contribution in [0.4, 0.5) is 0 Å². The van der Waals surface area contributed by atoms with E-state index in [0.717, 1.165) is 11.8 Å². The van der Waals surface area contributed by atoms with Crippen molar-refractivity contribution in [3.8, 4) is 0 Å². The number of carbonyl (C=O) groups is 1. The lowest BCUT2D eigenvalue weighted by atomic mass is 9.73. The number of nitrogens with zero attached hydrogens (tertiary/aromatic N) is 1. The number of rotatable bonds is 3. The van der Waals surface area contributed by atoms with Crippen molar-refractivity contribution in [1.29, 1.82) is 0 Å². The van der Waals surface area contributed by atoms with Crippen LogP contribution < -0.4 is 0 Å². The van der Waals surface area contributed by atoms with Crippen molar-refractivity contribution in [2.75, 3.05) is 0 Å². The standard InChI is InChI=1S/C18H31NO2/c1-12(2)21-18(20)13(3)19-16-10-6-4-8-14(16)15-9-5-7-11-17(15)19/h12-17H,4-11H2,1-3H3. The number of esters is 1. The molecule has 3 fully saturated rings. The Bertz CT molecular complexity index is 359. The average molecular weight is 293 g/mol. The molecule has 0 aromatic rings. The lowest BCUT2D eigenvalue weighted by molar-refractivity contribution is -0.155. The zero-order valence-electron chi connectivity index (χ0n) is 13.9. The van der Waals surface area contributed by atoms with Crippen LogP contribution in [0.5, 0.6) is 0 Å². The molecule has 3 rings (SSSR count). The third kappa shape index (κ3) is 2.86. The molecular weight excluding hydrogens is 262 g/mol.